The molecule has 0 radical (unpaired) electrons. The minimum absolute atomic E-state index is 0.00605. The highest BCUT2D eigenvalue weighted by atomic mass is 16.5. The summed E-state index contributed by atoms with van der Waals surface area (Å²) < 4.78 is 5.33. The smallest absolute Gasteiger partial charge is 0.238 e. The number of likely N-dealkylation sites (tertiary alicyclic amines) is 1. The maximum Gasteiger partial charge on any atom is 0.238 e. The Balaban J connectivity index is 1.58. The first-order chi connectivity index (χ1) is 14.9. The van der Waals surface area contributed by atoms with Gasteiger partial charge in [-0.15, -0.1) is 0 Å². The predicted molar refractivity (Wildman–Crippen MR) is 123 cm³/mol. The van der Waals surface area contributed by atoms with Crippen molar-refractivity contribution in [3.63, 3.8) is 0 Å². The molecule has 4 rings (SSSR count). The maximum atomic E-state index is 13.0. The van der Waals surface area contributed by atoms with E-state index in [9.17, 15) is 9.90 Å². The van der Waals surface area contributed by atoms with Gasteiger partial charge >= 0.3 is 0 Å². The SMILES string of the molecule is COc1ccc([C@@H]2[C@H]3CCCC[C@]3(O)CCN2CC(=O)Nc2cc(C)ccc2C)cc1. The standard InChI is InChI=1S/C26H34N2O3/c1-18-7-8-19(2)23(16-18)27-24(29)17-28-15-14-26(30)13-5-4-6-22(26)25(28)20-9-11-21(31-3)12-10-20/h7-12,16,22,25,30H,4-6,13-15,17H2,1-3H3,(H,27,29)/t22-,25-,26+/m1/s1. The number of rotatable bonds is 5. The van der Waals surface area contributed by atoms with Crippen LogP contribution < -0.4 is 10.1 Å². The van der Waals surface area contributed by atoms with Crippen molar-refractivity contribution in [3.8, 4) is 5.75 Å². The monoisotopic (exact) mass is 422 g/mol. The van der Waals surface area contributed by atoms with E-state index in [1.54, 1.807) is 7.11 Å². The highest BCUT2D eigenvalue weighted by Gasteiger charge is 2.49. The van der Waals surface area contributed by atoms with E-state index < -0.39 is 5.60 Å². The van der Waals surface area contributed by atoms with E-state index in [0.29, 0.717) is 13.1 Å². The zero-order valence-electron chi connectivity index (χ0n) is 18.9. The molecule has 5 nitrogen and oxygen atoms in total. The fourth-order valence-corrected chi connectivity index (χ4v) is 5.41. The Morgan fingerprint density at radius 2 is 1.94 bits per heavy atom. The molecule has 2 aliphatic rings. The van der Waals surface area contributed by atoms with Crippen LogP contribution in [-0.4, -0.2) is 41.7 Å². The number of aryl methyl sites for hydroxylation is 2. The Labute approximate surface area is 185 Å². The molecule has 0 bridgehead atoms. The summed E-state index contributed by atoms with van der Waals surface area (Å²) in [6.07, 6.45) is 4.77. The Kier molecular flexibility index (Phi) is 6.35. The molecular formula is C26H34N2O3. The summed E-state index contributed by atoms with van der Waals surface area (Å²) in [6, 6.07) is 14.2. The summed E-state index contributed by atoms with van der Waals surface area (Å²) in [6.45, 7) is 5.07. The van der Waals surface area contributed by atoms with Crippen molar-refractivity contribution in [3.05, 3.63) is 59.2 Å². The van der Waals surface area contributed by atoms with Crippen LogP contribution in [0.1, 0.15) is 54.8 Å². The Hall–Kier alpha value is -2.37. The molecule has 2 aromatic carbocycles. The third kappa shape index (κ3) is 4.63. The Bertz CT molecular complexity index is 927. The van der Waals surface area contributed by atoms with Crippen LogP contribution in [0.3, 0.4) is 0 Å². The first-order valence-corrected chi connectivity index (χ1v) is 11.4. The molecule has 166 valence electrons. The van der Waals surface area contributed by atoms with Crippen LogP contribution in [0, 0.1) is 19.8 Å². The van der Waals surface area contributed by atoms with E-state index >= 15 is 0 Å². The molecule has 1 heterocycles. The first-order valence-electron chi connectivity index (χ1n) is 11.4. The summed E-state index contributed by atoms with van der Waals surface area (Å²) in [5.41, 5.74) is 3.57. The third-order valence-electron chi connectivity index (χ3n) is 7.14. The van der Waals surface area contributed by atoms with Crippen LogP contribution in [0.4, 0.5) is 5.69 Å². The van der Waals surface area contributed by atoms with E-state index in [0.717, 1.165) is 60.2 Å². The van der Waals surface area contributed by atoms with Crippen molar-refractivity contribution >= 4 is 11.6 Å². The number of amides is 1. The van der Waals surface area contributed by atoms with Gasteiger partial charge in [0, 0.05) is 24.2 Å². The number of hydrogen-bond acceptors (Lipinski definition) is 4. The molecule has 1 amide bonds. The summed E-state index contributed by atoms with van der Waals surface area (Å²) in [5, 5.41) is 14.5. The topological polar surface area (TPSA) is 61.8 Å². The average molecular weight is 423 g/mol. The zero-order chi connectivity index (χ0) is 22.0. The number of aliphatic hydroxyl groups is 1. The summed E-state index contributed by atoms with van der Waals surface area (Å²) in [5.74, 6) is 0.947. The zero-order valence-corrected chi connectivity index (χ0v) is 18.9. The van der Waals surface area contributed by atoms with Crippen LogP contribution in [0.25, 0.3) is 0 Å². The van der Waals surface area contributed by atoms with Gasteiger partial charge < -0.3 is 15.2 Å². The second-order valence-electron chi connectivity index (χ2n) is 9.26. The number of methoxy groups -OCH3 is 1. The van der Waals surface area contributed by atoms with Gasteiger partial charge in [0.1, 0.15) is 5.75 Å². The molecule has 3 atom stereocenters. The number of benzene rings is 2. The maximum absolute atomic E-state index is 13.0. The number of piperidine rings is 1. The molecule has 2 N–H and O–H groups in total. The highest BCUT2D eigenvalue weighted by Crippen LogP contribution is 2.49. The van der Waals surface area contributed by atoms with Gasteiger partial charge in [-0.05, 0) is 68.0 Å². The minimum atomic E-state index is -0.636. The fraction of sp³-hybridized carbons (Fsp3) is 0.500. The highest BCUT2D eigenvalue weighted by molar-refractivity contribution is 5.93. The summed E-state index contributed by atoms with van der Waals surface area (Å²) in [7, 11) is 1.67. The van der Waals surface area contributed by atoms with E-state index in [4.69, 9.17) is 4.74 Å². The molecule has 1 saturated carbocycles. The summed E-state index contributed by atoms with van der Waals surface area (Å²) >= 11 is 0. The lowest BCUT2D eigenvalue weighted by molar-refractivity contribution is -0.135. The lowest BCUT2D eigenvalue weighted by Gasteiger charge is -2.52. The molecule has 0 spiro atoms. The van der Waals surface area contributed by atoms with Crippen molar-refractivity contribution in [2.45, 2.75) is 57.6 Å². The number of anilines is 1. The molecule has 1 saturated heterocycles. The van der Waals surface area contributed by atoms with E-state index in [1.807, 2.05) is 38.1 Å². The van der Waals surface area contributed by atoms with Crippen LogP contribution in [0.5, 0.6) is 5.75 Å². The number of nitrogens with zero attached hydrogens (tertiary/aromatic N) is 1. The molecule has 1 aliphatic heterocycles. The van der Waals surface area contributed by atoms with Crippen LogP contribution >= 0.6 is 0 Å². The van der Waals surface area contributed by atoms with E-state index in [1.165, 1.54) is 0 Å². The van der Waals surface area contributed by atoms with Gasteiger partial charge in [-0.1, -0.05) is 37.1 Å². The van der Waals surface area contributed by atoms with Gasteiger partial charge in [0.15, 0.2) is 0 Å². The largest absolute Gasteiger partial charge is 0.497 e. The lowest BCUT2D eigenvalue weighted by atomic mass is 9.66. The van der Waals surface area contributed by atoms with Gasteiger partial charge in [-0.3, -0.25) is 9.69 Å². The Morgan fingerprint density at radius 1 is 1.16 bits per heavy atom. The van der Waals surface area contributed by atoms with Gasteiger partial charge in [0.25, 0.3) is 0 Å². The number of hydrogen-bond donors (Lipinski definition) is 2. The molecule has 31 heavy (non-hydrogen) atoms. The van der Waals surface area contributed by atoms with Gasteiger partial charge in [-0.25, -0.2) is 0 Å². The number of fused-ring (bicyclic) bond motifs is 1. The van der Waals surface area contributed by atoms with Crippen molar-refractivity contribution in [1.82, 2.24) is 4.90 Å². The minimum Gasteiger partial charge on any atom is -0.497 e. The van der Waals surface area contributed by atoms with Crippen molar-refractivity contribution in [2.75, 3.05) is 25.5 Å². The van der Waals surface area contributed by atoms with Gasteiger partial charge in [0.05, 0.1) is 19.3 Å². The van der Waals surface area contributed by atoms with Gasteiger partial charge in [-0.2, -0.15) is 0 Å². The third-order valence-corrected chi connectivity index (χ3v) is 7.14. The van der Waals surface area contributed by atoms with Crippen LogP contribution in [0.15, 0.2) is 42.5 Å². The second-order valence-corrected chi connectivity index (χ2v) is 9.26. The van der Waals surface area contributed by atoms with Crippen LogP contribution in [0.2, 0.25) is 0 Å². The number of nitrogens with one attached hydrogen (secondary N) is 1. The quantitative estimate of drug-likeness (QED) is 0.738. The predicted octanol–water partition coefficient (Wildman–Crippen LogP) is 4.62. The molecule has 1 aliphatic carbocycles. The van der Waals surface area contributed by atoms with Crippen molar-refractivity contribution in [1.29, 1.82) is 0 Å². The molecular weight excluding hydrogens is 388 g/mol. The average Bonchev–Trinajstić information content (AvgIpc) is 2.76. The second kappa shape index (κ2) is 9.01. The summed E-state index contributed by atoms with van der Waals surface area (Å²) in [4.78, 5) is 15.3. The molecule has 2 fully saturated rings. The molecule has 0 aromatic heterocycles. The molecule has 5 heteroatoms. The number of carbonyl (C=O) groups is 1. The van der Waals surface area contributed by atoms with Crippen molar-refractivity contribution < 1.29 is 14.6 Å². The van der Waals surface area contributed by atoms with Crippen LogP contribution in [-0.2, 0) is 4.79 Å². The fourth-order valence-electron chi connectivity index (χ4n) is 5.41. The van der Waals surface area contributed by atoms with Crippen molar-refractivity contribution in [2.24, 2.45) is 5.92 Å². The van der Waals surface area contributed by atoms with E-state index in [2.05, 4.69) is 28.4 Å². The molecule has 2 aromatic rings. The number of carbonyl (C=O) groups excluding carboxylic acids is 1. The molecule has 0 unspecified atom stereocenters. The lowest BCUT2D eigenvalue weighted by Crippen LogP contribution is -2.56. The van der Waals surface area contributed by atoms with Gasteiger partial charge in [0.2, 0.25) is 5.91 Å². The Morgan fingerprint density at radius 3 is 2.68 bits per heavy atom. The first kappa shape index (κ1) is 21.8. The van der Waals surface area contributed by atoms with E-state index in [-0.39, 0.29) is 17.9 Å². The normalized spacial score (nSPS) is 26.2. The number of ether oxygens (including phenoxy) is 1.